The van der Waals surface area contributed by atoms with Crippen LogP contribution in [0.3, 0.4) is 0 Å². The van der Waals surface area contributed by atoms with E-state index in [1.165, 1.54) is 19.3 Å². The van der Waals surface area contributed by atoms with Crippen molar-refractivity contribution in [1.82, 2.24) is 4.90 Å². The number of carbonyl (C=O) groups excluding carboxylic acids is 1. The molecule has 0 unspecified atom stereocenters. The number of nitrogens with zero attached hydrogens (tertiary/aromatic N) is 1. The van der Waals surface area contributed by atoms with Crippen LogP contribution in [0.25, 0.3) is 0 Å². The summed E-state index contributed by atoms with van der Waals surface area (Å²) in [6.07, 6.45) is 8.14. The van der Waals surface area contributed by atoms with E-state index in [4.69, 9.17) is 9.47 Å². The SMILES string of the molecule is CC(C)[C@H]1C=C(C(=O)N2CCCCCCC2)O[C@@H](OCc2ccc(CO)cc2)C1. The van der Waals surface area contributed by atoms with E-state index >= 15 is 0 Å². The first kappa shape index (κ1) is 21.8. The number of aliphatic hydroxyl groups excluding tert-OH is 1. The zero-order valence-corrected chi connectivity index (χ0v) is 17.8. The van der Waals surface area contributed by atoms with Gasteiger partial charge in [-0.05, 0) is 41.9 Å². The minimum Gasteiger partial charge on any atom is -0.459 e. The van der Waals surface area contributed by atoms with E-state index < -0.39 is 6.29 Å². The Morgan fingerprint density at radius 1 is 1.10 bits per heavy atom. The second kappa shape index (κ2) is 10.8. The van der Waals surface area contributed by atoms with Crippen LogP contribution in [-0.2, 0) is 27.5 Å². The number of rotatable bonds is 6. The average Bonchev–Trinajstić information content (AvgIpc) is 2.71. The number of ether oxygens (including phenoxy) is 2. The smallest absolute Gasteiger partial charge is 0.288 e. The quantitative estimate of drug-likeness (QED) is 0.768. The maximum atomic E-state index is 13.1. The van der Waals surface area contributed by atoms with Gasteiger partial charge in [0, 0.05) is 19.5 Å². The molecule has 1 N–H and O–H groups in total. The summed E-state index contributed by atoms with van der Waals surface area (Å²) in [5.74, 6) is 1.15. The second-order valence-corrected chi connectivity index (χ2v) is 8.57. The van der Waals surface area contributed by atoms with Gasteiger partial charge in [0.25, 0.3) is 5.91 Å². The number of allylic oxidation sites excluding steroid dienone is 1. The molecule has 160 valence electrons. The molecule has 2 atom stereocenters. The van der Waals surface area contributed by atoms with Gasteiger partial charge in [0.2, 0.25) is 6.29 Å². The van der Waals surface area contributed by atoms with Crippen LogP contribution in [0.15, 0.2) is 36.1 Å². The van der Waals surface area contributed by atoms with Crippen molar-refractivity contribution in [3.05, 3.63) is 47.2 Å². The number of aliphatic hydroxyl groups is 1. The van der Waals surface area contributed by atoms with Crippen LogP contribution >= 0.6 is 0 Å². The molecule has 2 aliphatic heterocycles. The molecule has 29 heavy (non-hydrogen) atoms. The summed E-state index contributed by atoms with van der Waals surface area (Å²) in [6.45, 7) is 6.44. The van der Waals surface area contributed by atoms with Gasteiger partial charge in [0.15, 0.2) is 5.76 Å². The standard InChI is InChI=1S/C24H35NO4/c1-18(2)21-14-22(24(27)25-12-6-4-3-5-7-13-25)29-23(15-21)28-17-20-10-8-19(16-26)9-11-20/h8-11,14,18,21,23,26H,3-7,12-13,15-17H2,1-2H3/t21-,23+/m0/s1. The molecule has 1 aromatic carbocycles. The molecule has 2 aliphatic rings. The maximum Gasteiger partial charge on any atom is 0.288 e. The van der Waals surface area contributed by atoms with E-state index in [2.05, 4.69) is 13.8 Å². The van der Waals surface area contributed by atoms with E-state index in [1.807, 2.05) is 35.2 Å². The summed E-state index contributed by atoms with van der Waals surface area (Å²) in [7, 11) is 0. The highest BCUT2D eigenvalue weighted by Gasteiger charge is 2.31. The number of amides is 1. The van der Waals surface area contributed by atoms with Gasteiger partial charge in [-0.15, -0.1) is 0 Å². The molecule has 0 spiro atoms. The molecule has 0 aromatic heterocycles. The predicted octanol–water partition coefficient (Wildman–Crippen LogP) is 4.39. The number of carbonyl (C=O) groups is 1. The fourth-order valence-electron chi connectivity index (χ4n) is 3.94. The summed E-state index contributed by atoms with van der Waals surface area (Å²) in [6, 6.07) is 7.70. The van der Waals surface area contributed by atoms with Gasteiger partial charge in [0.05, 0.1) is 13.2 Å². The largest absolute Gasteiger partial charge is 0.459 e. The Hall–Kier alpha value is -1.85. The zero-order chi connectivity index (χ0) is 20.6. The molecule has 5 heteroatoms. The Morgan fingerprint density at radius 3 is 2.34 bits per heavy atom. The first-order valence-corrected chi connectivity index (χ1v) is 11.0. The average molecular weight is 402 g/mol. The Morgan fingerprint density at radius 2 is 1.72 bits per heavy atom. The van der Waals surface area contributed by atoms with Crippen LogP contribution < -0.4 is 0 Å². The van der Waals surface area contributed by atoms with Gasteiger partial charge >= 0.3 is 0 Å². The monoisotopic (exact) mass is 401 g/mol. The fourth-order valence-corrected chi connectivity index (χ4v) is 3.94. The number of hydrogen-bond donors (Lipinski definition) is 1. The molecule has 5 nitrogen and oxygen atoms in total. The summed E-state index contributed by atoms with van der Waals surface area (Å²) < 4.78 is 12.1. The van der Waals surface area contributed by atoms with Crippen molar-refractivity contribution in [2.24, 2.45) is 11.8 Å². The van der Waals surface area contributed by atoms with Crippen molar-refractivity contribution in [1.29, 1.82) is 0 Å². The highest BCUT2D eigenvalue weighted by molar-refractivity contribution is 5.91. The van der Waals surface area contributed by atoms with Crippen molar-refractivity contribution in [3.8, 4) is 0 Å². The second-order valence-electron chi connectivity index (χ2n) is 8.57. The third-order valence-electron chi connectivity index (χ3n) is 5.94. The van der Waals surface area contributed by atoms with Crippen LogP contribution in [0.2, 0.25) is 0 Å². The summed E-state index contributed by atoms with van der Waals surface area (Å²) in [5.41, 5.74) is 1.91. The molecule has 2 heterocycles. The Balaban J connectivity index is 1.64. The maximum absolute atomic E-state index is 13.1. The van der Waals surface area contributed by atoms with E-state index in [-0.39, 0.29) is 18.4 Å². The van der Waals surface area contributed by atoms with Crippen LogP contribution in [0.4, 0.5) is 0 Å². The highest BCUT2D eigenvalue weighted by atomic mass is 16.7. The molecule has 0 radical (unpaired) electrons. The van der Waals surface area contributed by atoms with Gasteiger partial charge in [-0.3, -0.25) is 4.79 Å². The number of likely N-dealkylation sites (tertiary alicyclic amines) is 1. The summed E-state index contributed by atoms with van der Waals surface area (Å²) in [5, 5.41) is 9.17. The van der Waals surface area contributed by atoms with Crippen LogP contribution in [0.1, 0.15) is 63.5 Å². The molecule has 0 bridgehead atoms. The Labute approximate surface area is 174 Å². The van der Waals surface area contributed by atoms with E-state index in [0.717, 1.165) is 43.5 Å². The lowest BCUT2D eigenvalue weighted by Gasteiger charge is -2.33. The first-order chi connectivity index (χ1) is 14.1. The minimum absolute atomic E-state index is 0.0122. The zero-order valence-electron chi connectivity index (χ0n) is 17.8. The van der Waals surface area contributed by atoms with Crippen molar-refractivity contribution in [2.75, 3.05) is 13.1 Å². The lowest BCUT2D eigenvalue weighted by atomic mass is 9.90. The van der Waals surface area contributed by atoms with Crippen LogP contribution in [0, 0.1) is 11.8 Å². The van der Waals surface area contributed by atoms with Gasteiger partial charge in [-0.1, -0.05) is 57.4 Å². The fraction of sp³-hybridized carbons (Fsp3) is 0.625. The molecular formula is C24H35NO4. The molecule has 1 aromatic rings. The molecule has 1 saturated heterocycles. The highest BCUT2D eigenvalue weighted by Crippen LogP contribution is 2.30. The van der Waals surface area contributed by atoms with Crippen molar-refractivity contribution in [3.63, 3.8) is 0 Å². The van der Waals surface area contributed by atoms with Gasteiger partial charge in [-0.2, -0.15) is 0 Å². The van der Waals surface area contributed by atoms with Crippen molar-refractivity contribution >= 4 is 5.91 Å². The number of benzene rings is 1. The van der Waals surface area contributed by atoms with Gasteiger partial charge in [-0.25, -0.2) is 0 Å². The lowest BCUT2D eigenvalue weighted by Crippen LogP contribution is -2.38. The molecule has 0 aliphatic carbocycles. The van der Waals surface area contributed by atoms with Gasteiger partial charge in [0.1, 0.15) is 0 Å². The molecule has 3 rings (SSSR count). The molecule has 1 fully saturated rings. The molecule has 0 saturated carbocycles. The van der Waals surface area contributed by atoms with E-state index in [9.17, 15) is 9.90 Å². The Bertz CT molecular complexity index is 675. The molecule has 1 amide bonds. The summed E-state index contributed by atoms with van der Waals surface area (Å²) in [4.78, 5) is 15.1. The van der Waals surface area contributed by atoms with Crippen LogP contribution in [-0.4, -0.2) is 35.3 Å². The third-order valence-corrected chi connectivity index (χ3v) is 5.94. The lowest BCUT2D eigenvalue weighted by molar-refractivity contribution is -0.160. The Kier molecular flexibility index (Phi) is 8.13. The van der Waals surface area contributed by atoms with E-state index in [1.54, 1.807) is 0 Å². The molecular weight excluding hydrogens is 366 g/mol. The van der Waals surface area contributed by atoms with Gasteiger partial charge < -0.3 is 19.5 Å². The third kappa shape index (κ3) is 6.31. The van der Waals surface area contributed by atoms with Crippen molar-refractivity contribution in [2.45, 2.75) is 71.9 Å². The summed E-state index contributed by atoms with van der Waals surface area (Å²) >= 11 is 0. The normalized spacial score (nSPS) is 23.2. The topological polar surface area (TPSA) is 59.0 Å². The van der Waals surface area contributed by atoms with Crippen LogP contribution in [0.5, 0.6) is 0 Å². The van der Waals surface area contributed by atoms with E-state index in [0.29, 0.717) is 18.3 Å². The predicted molar refractivity (Wildman–Crippen MR) is 113 cm³/mol. The first-order valence-electron chi connectivity index (χ1n) is 11.0. The minimum atomic E-state index is -0.418. The number of hydrogen-bond acceptors (Lipinski definition) is 4. The van der Waals surface area contributed by atoms with Crippen molar-refractivity contribution < 1.29 is 19.4 Å².